The highest BCUT2D eigenvalue weighted by molar-refractivity contribution is 5.84. The standard InChI is InChI=1S/C17H29N5O/c1-2-18-17(19-10-13-22-11-6-7-12-22)20-14-16(23)21-15-8-4-3-5-9-15/h6-7,11-12,15H,2-5,8-10,13-14H2,1H3,(H,21,23)(H2,18,19,20). The second-order valence-electron chi connectivity index (χ2n) is 5.95. The Balaban J connectivity index is 1.71. The fourth-order valence-corrected chi connectivity index (χ4v) is 2.84. The molecule has 1 aromatic rings. The molecule has 1 amide bonds. The molecule has 6 heteroatoms. The van der Waals surface area contributed by atoms with Gasteiger partial charge in [0.2, 0.25) is 5.91 Å². The van der Waals surface area contributed by atoms with E-state index in [0.717, 1.165) is 32.5 Å². The van der Waals surface area contributed by atoms with Crippen molar-refractivity contribution in [3.8, 4) is 0 Å². The zero-order valence-electron chi connectivity index (χ0n) is 14.1. The second-order valence-corrected chi connectivity index (χ2v) is 5.95. The van der Waals surface area contributed by atoms with E-state index in [1.165, 1.54) is 19.3 Å². The number of nitrogens with one attached hydrogen (secondary N) is 3. The second kappa shape index (κ2) is 9.92. The Morgan fingerprint density at radius 3 is 2.61 bits per heavy atom. The van der Waals surface area contributed by atoms with Gasteiger partial charge in [0.15, 0.2) is 5.96 Å². The average Bonchev–Trinajstić information content (AvgIpc) is 3.07. The van der Waals surface area contributed by atoms with E-state index in [1.807, 2.05) is 31.5 Å². The van der Waals surface area contributed by atoms with Crippen LogP contribution < -0.4 is 16.0 Å². The summed E-state index contributed by atoms with van der Waals surface area (Å²) in [4.78, 5) is 16.4. The molecule has 0 atom stereocenters. The third-order valence-corrected chi connectivity index (χ3v) is 4.02. The Morgan fingerprint density at radius 1 is 1.17 bits per heavy atom. The van der Waals surface area contributed by atoms with Crippen LogP contribution in [0.4, 0.5) is 0 Å². The van der Waals surface area contributed by atoms with E-state index in [-0.39, 0.29) is 12.5 Å². The van der Waals surface area contributed by atoms with Crippen molar-refractivity contribution in [1.82, 2.24) is 20.5 Å². The molecule has 23 heavy (non-hydrogen) atoms. The first-order chi connectivity index (χ1) is 11.3. The van der Waals surface area contributed by atoms with Gasteiger partial charge in [-0.1, -0.05) is 19.3 Å². The predicted molar refractivity (Wildman–Crippen MR) is 93.4 cm³/mol. The van der Waals surface area contributed by atoms with Gasteiger partial charge >= 0.3 is 0 Å². The lowest BCUT2D eigenvalue weighted by molar-refractivity contribution is -0.120. The zero-order chi connectivity index (χ0) is 16.3. The number of carbonyl (C=O) groups excluding carboxylic acids is 1. The normalized spacial score (nSPS) is 16.1. The number of hydrogen-bond donors (Lipinski definition) is 3. The molecule has 0 bridgehead atoms. The van der Waals surface area contributed by atoms with Crippen LogP contribution in [-0.4, -0.2) is 42.1 Å². The number of rotatable bonds is 7. The number of aliphatic imine (C=N–C) groups is 1. The Kier molecular flexibility index (Phi) is 7.49. The lowest BCUT2D eigenvalue weighted by atomic mass is 9.95. The molecule has 1 aliphatic rings. The summed E-state index contributed by atoms with van der Waals surface area (Å²) < 4.78 is 2.10. The van der Waals surface area contributed by atoms with E-state index in [0.29, 0.717) is 12.0 Å². The molecule has 6 nitrogen and oxygen atoms in total. The van der Waals surface area contributed by atoms with E-state index < -0.39 is 0 Å². The summed E-state index contributed by atoms with van der Waals surface area (Å²) in [6, 6.07) is 4.36. The molecule has 0 radical (unpaired) electrons. The fraction of sp³-hybridized carbons (Fsp3) is 0.647. The molecule has 1 saturated carbocycles. The van der Waals surface area contributed by atoms with Crippen molar-refractivity contribution < 1.29 is 4.79 Å². The van der Waals surface area contributed by atoms with Gasteiger partial charge in [-0.05, 0) is 31.9 Å². The molecule has 0 unspecified atom stereocenters. The van der Waals surface area contributed by atoms with E-state index >= 15 is 0 Å². The molecule has 0 spiro atoms. The number of nitrogens with zero attached hydrogens (tertiary/aromatic N) is 2. The summed E-state index contributed by atoms with van der Waals surface area (Å²) in [7, 11) is 0. The Labute approximate surface area is 138 Å². The van der Waals surface area contributed by atoms with Crippen LogP contribution in [0.25, 0.3) is 0 Å². The summed E-state index contributed by atoms with van der Waals surface area (Å²) in [6.45, 7) is 4.61. The Bertz CT molecular complexity index is 477. The number of guanidine groups is 1. The molecule has 2 rings (SSSR count). The number of carbonyl (C=O) groups is 1. The summed E-state index contributed by atoms with van der Waals surface area (Å²) in [5, 5.41) is 9.52. The number of amides is 1. The van der Waals surface area contributed by atoms with E-state index in [1.54, 1.807) is 0 Å². The SMILES string of the molecule is CCNC(=NCC(=O)NC1CCCCC1)NCCn1cccc1. The van der Waals surface area contributed by atoms with Crippen LogP contribution in [0, 0.1) is 0 Å². The molecular formula is C17H29N5O. The van der Waals surface area contributed by atoms with Gasteiger partial charge in [-0.25, -0.2) is 4.99 Å². The Hall–Kier alpha value is -1.98. The van der Waals surface area contributed by atoms with Gasteiger partial charge in [0.1, 0.15) is 6.54 Å². The van der Waals surface area contributed by atoms with Crippen molar-refractivity contribution in [3.05, 3.63) is 24.5 Å². The predicted octanol–water partition coefficient (Wildman–Crippen LogP) is 1.49. The van der Waals surface area contributed by atoms with Crippen molar-refractivity contribution in [2.45, 2.75) is 51.6 Å². The van der Waals surface area contributed by atoms with E-state index in [2.05, 4.69) is 25.5 Å². The van der Waals surface area contributed by atoms with Crippen LogP contribution in [0.1, 0.15) is 39.0 Å². The lowest BCUT2D eigenvalue weighted by Crippen LogP contribution is -2.41. The minimum Gasteiger partial charge on any atom is -0.357 e. The van der Waals surface area contributed by atoms with Crippen LogP contribution in [0.5, 0.6) is 0 Å². The first-order valence-corrected chi connectivity index (χ1v) is 8.70. The van der Waals surface area contributed by atoms with Crippen LogP contribution in [-0.2, 0) is 11.3 Å². The topological polar surface area (TPSA) is 70.4 Å². The van der Waals surface area contributed by atoms with E-state index in [4.69, 9.17) is 0 Å². The van der Waals surface area contributed by atoms with Gasteiger partial charge in [-0.3, -0.25) is 4.79 Å². The molecular weight excluding hydrogens is 290 g/mol. The molecule has 1 aromatic heterocycles. The van der Waals surface area contributed by atoms with E-state index in [9.17, 15) is 4.79 Å². The summed E-state index contributed by atoms with van der Waals surface area (Å²) >= 11 is 0. The Morgan fingerprint density at radius 2 is 1.91 bits per heavy atom. The highest BCUT2D eigenvalue weighted by atomic mass is 16.1. The molecule has 1 heterocycles. The maximum Gasteiger partial charge on any atom is 0.242 e. The molecule has 1 fully saturated rings. The lowest BCUT2D eigenvalue weighted by Gasteiger charge is -2.22. The minimum atomic E-state index is 0.0134. The summed E-state index contributed by atoms with van der Waals surface area (Å²) in [5.41, 5.74) is 0. The van der Waals surface area contributed by atoms with Crippen molar-refractivity contribution >= 4 is 11.9 Å². The van der Waals surface area contributed by atoms with Crippen LogP contribution >= 0.6 is 0 Å². The van der Waals surface area contributed by atoms with Gasteiger partial charge in [0.05, 0.1) is 0 Å². The van der Waals surface area contributed by atoms with Crippen LogP contribution in [0.3, 0.4) is 0 Å². The smallest absolute Gasteiger partial charge is 0.242 e. The molecule has 1 aliphatic carbocycles. The summed E-state index contributed by atoms with van der Waals surface area (Å²) in [6.07, 6.45) is 10.00. The largest absolute Gasteiger partial charge is 0.357 e. The average molecular weight is 319 g/mol. The van der Waals surface area contributed by atoms with Gasteiger partial charge in [-0.15, -0.1) is 0 Å². The summed E-state index contributed by atoms with van der Waals surface area (Å²) in [5.74, 6) is 0.706. The van der Waals surface area contributed by atoms with Crippen molar-refractivity contribution in [2.75, 3.05) is 19.6 Å². The van der Waals surface area contributed by atoms with Gasteiger partial charge < -0.3 is 20.5 Å². The van der Waals surface area contributed by atoms with Crippen molar-refractivity contribution in [1.29, 1.82) is 0 Å². The number of aromatic nitrogens is 1. The maximum atomic E-state index is 12.0. The highest BCUT2D eigenvalue weighted by Gasteiger charge is 2.15. The first kappa shape index (κ1) is 17.4. The van der Waals surface area contributed by atoms with Crippen molar-refractivity contribution in [2.24, 2.45) is 4.99 Å². The number of hydrogen-bond acceptors (Lipinski definition) is 2. The molecule has 3 N–H and O–H groups in total. The molecule has 0 aromatic carbocycles. The van der Waals surface area contributed by atoms with Crippen LogP contribution in [0.15, 0.2) is 29.5 Å². The van der Waals surface area contributed by atoms with Crippen molar-refractivity contribution in [3.63, 3.8) is 0 Å². The minimum absolute atomic E-state index is 0.0134. The van der Waals surface area contributed by atoms with Crippen LogP contribution in [0.2, 0.25) is 0 Å². The molecule has 0 aliphatic heterocycles. The molecule has 128 valence electrons. The molecule has 0 saturated heterocycles. The van der Waals surface area contributed by atoms with Gasteiger partial charge in [0.25, 0.3) is 0 Å². The maximum absolute atomic E-state index is 12.0. The third-order valence-electron chi connectivity index (χ3n) is 4.02. The first-order valence-electron chi connectivity index (χ1n) is 8.70. The zero-order valence-corrected chi connectivity index (χ0v) is 14.1. The monoisotopic (exact) mass is 319 g/mol. The fourth-order valence-electron chi connectivity index (χ4n) is 2.84. The van der Waals surface area contributed by atoms with Gasteiger partial charge in [0, 0.05) is 38.1 Å². The third kappa shape index (κ3) is 6.76. The quantitative estimate of drug-likeness (QED) is 0.527. The van der Waals surface area contributed by atoms with Gasteiger partial charge in [-0.2, -0.15) is 0 Å². The highest BCUT2D eigenvalue weighted by Crippen LogP contribution is 2.17.